The number of halogens is 1. The van der Waals surface area contributed by atoms with Gasteiger partial charge in [-0.05, 0) is 71.3 Å². The van der Waals surface area contributed by atoms with E-state index in [0.717, 1.165) is 11.1 Å². The highest BCUT2D eigenvalue weighted by atomic mass is 127. The van der Waals surface area contributed by atoms with Gasteiger partial charge in [0.25, 0.3) is 0 Å². The van der Waals surface area contributed by atoms with Crippen LogP contribution in [-0.4, -0.2) is 11.6 Å². The second-order valence-electron chi connectivity index (χ2n) is 4.75. The largest absolute Gasteiger partial charge is 0.419 e. The molecule has 2 heterocycles. The fourth-order valence-electron chi connectivity index (χ4n) is 2.56. The highest BCUT2D eigenvalue weighted by molar-refractivity contribution is 14.1. The number of nitrogens with one attached hydrogen (secondary N) is 1. The number of hydrogen-bond acceptors (Lipinski definition) is 4. The van der Waals surface area contributed by atoms with Crippen molar-refractivity contribution in [2.24, 2.45) is 0 Å². The van der Waals surface area contributed by atoms with Gasteiger partial charge in [0, 0.05) is 6.54 Å². The van der Waals surface area contributed by atoms with Gasteiger partial charge < -0.3 is 9.73 Å². The molecule has 4 nitrogen and oxygen atoms in total. The molecule has 0 spiro atoms. The summed E-state index contributed by atoms with van der Waals surface area (Å²) in [4.78, 5) is 11.8. The predicted molar refractivity (Wildman–Crippen MR) is 94.1 cm³/mol. The third kappa shape index (κ3) is 2.67. The zero-order valence-corrected chi connectivity index (χ0v) is 14.7. The van der Waals surface area contributed by atoms with Crippen LogP contribution in [0, 0.1) is 2.88 Å². The van der Waals surface area contributed by atoms with Crippen LogP contribution in [0.25, 0.3) is 11.1 Å². The Morgan fingerprint density at radius 3 is 2.81 bits per heavy atom. The van der Waals surface area contributed by atoms with E-state index < -0.39 is 0 Å². The molecule has 110 valence electrons. The Bertz CT molecular complexity index is 834. The molecule has 1 atom stereocenters. The number of nitrogens with zero attached hydrogens (tertiary/aromatic N) is 1. The van der Waals surface area contributed by atoms with Crippen molar-refractivity contribution >= 4 is 45.0 Å². The molecule has 3 rings (SSSR count). The predicted octanol–water partition coefficient (Wildman–Crippen LogP) is 3.59. The summed E-state index contributed by atoms with van der Waals surface area (Å²) in [5.41, 5.74) is 3.81. The standard InChI is InChI=1S/C15H15IN2O2S/c1-3-18-11-5-4-9(6-12(11)20-15(18)19)14(17-2)10-7-13(16)21-8-10/h4-8,14,17H,3H2,1-2H3. The Kier molecular flexibility index (Phi) is 4.19. The molecule has 21 heavy (non-hydrogen) atoms. The number of aromatic nitrogens is 1. The Morgan fingerprint density at radius 1 is 1.38 bits per heavy atom. The normalized spacial score (nSPS) is 12.9. The summed E-state index contributed by atoms with van der Waals surface area (Å²) in [5.74, 6) is -0.296. The van der Waals surface area contributed by atoms with Crippen LogP contribution in [-0.2, 0) is 6.54 Å². The minimum absolute atomic E-state index is 0.101. The van der Waals surface area contributed by atoms with Crippen LogP contribution in [0.1, 0.15) is 24.1 Å². The minimum Gasteiger partial charge on any atom is -0.408 e. The fraction of sp³-hybridized carbons (Fsp3) is 0.267. The van der Waals surface area contributed by atoms with Gasteiger partial charge >= 0.3 is 5.76 Å². The van der Waals surface area contributed by atoms with Crippen molar-refractivity contribution in [3.05, 3.63) is 54.2 Å². The van der Waals surface area contributed by atoms with Crippen molar-refractivity contribution < 1.29 is 4.42 Å². The van der Waals surface area contributed by atoms with Gasteiger partial charge in [0.1, 0.15) is 0 Å². The number of fused-ring (bicyclic) bond motifs is 1. The highest BCUT2D eigenvalue weighted by Gasteiger charge is 2.16. The number of aryl methyl sites for hydroxylation is 1. The van der Waals surface area contributed by atoms with E-state index in [1.54, 1.807) is 15.9 Å². The molecule has 0 saturated carbocycles. The molecule has 0 aliphatic rings. The Labute approximate surface area is 139 Å². The first-order valence-corrected chi connectivity index (χ1v) is 8.64. The minimum atomic E-state index is -0.296. The van der Waals surface area contributed by atoms with E-state index in [9.17, 15) is 4.79 Å². The molecule has 3 aromatic rings. The number of oxazole rings is 1. The first kappa shape index (κ1) is 14.8. The maximum Gasteiger partial charge on any atom is 0.419 e. The van der Waals surface area contributed by atoms with E-state index in [4.69, 9.17) is 4.42 Å². The first-order valence-electron chi connectivity index (χ1n) is 6.68. The molecule has 0 aliphatic carbocycles. The van der Waals surface area contributed by atoms with Gasteiger partial charge in [0.2, 0.25) is 0 Å². The monoisotopic (exact) mass is 414 g/mol. The van der Waals surface area contributed by atoms with E-state index in [0.29, 0.717) is 12.1 Å². The summed E-state index contributed by atoms with van der Waals surface area (Å²) in [7, 11) is 1.94. The van der Waals surface area contributed by atoms with Crippen LogP contribution in [0.2, 0.25) is 0 Å². The second kappa shape index (κ2) is 5.94. The van der Waals surface area contributed by atoms with Crippen molar-refractivity contribution in [3.8, 4) is 0 Å². The first-order chi connectivity index (χ1) is 10.1. The SMILES string of the molecule is CCn1c(=O)oc2cc(C(NC)c3csc(I)c3)ccc21. The third-order valence-electron chi connectivity index (χ3n) is 3.55. The Hall–Kier alpha value is -1.12. The number of benzene rings is 1. The lowest BCUT2D eigenvalue weighted by Crippen LogP contribution is -2.16. The molecular formula is C15H15IN2O2S. The van der Waals surface area contributed by atoms with E-state index in [1.165, 1.54) is 8.45 Å². The molecule has 2 aromatic heterocycles. The van der Waals surface area contributed by atoms with Gasteiger partial charge in [-0.3, -0.25) is 4.57 Å². The molecule has 1 aromatic carbocycles. The third-order valence-corrected chi connectivity index (χ3v) is 5.36. The number of hydrogen-bond donors (Lipinski definition) is 1. The van der Waals surface area contributed by atoms with Crippen molar-refractivity contribution in [2.45, 2.75) is 19.5 Å². The molecule has 0 amide bonds. The van der Waals surface area contributed by atoms with E-state index in [-0.39, 0.29) is 11.8 Å². The fourth-order valence-corrected chi connectivity index (χ4v) is 3.96. The summed E-state index contributed by atoms with van der Waals surface area (Å²) in [6, 6.07) is 8.23. The molecule has 0 aliphatic heterocycles. The second-order valence-corrected chi connectivity index (χ2v) is 7.55. The molecule has 1 unspecified atom stereocenters. The Balaban J connectivity index is 2.09. The summed E-state index contributed by atoms with van der Waals surface area (Å²) in [6.45, 7) is 2.55. The van der Waals surface area contributed by atoms with Gasteiger partial charge in [0.15, 0.2) is 5.58 Å². The van der Waals surface area contributed by atoms with Gasteiger partial charge in [-0.2, -0.15) is 0 Å². The summed E-state index contributed by atoms with van der Waals surface area (Å²) in [6.07, 6.45) is 0. The van der Waals surface area contributed by atoms with E-state index in [2.05, 4.69) is 45.4 Å². The van der Waals surface area contributed by atoms with Gasteiger partial charge in [-0.1, -0.05) is 6.07 Å². The van der Waals surface area contributed by atoms with Crippen molar-refractivity contribution in [2.75, 3.05) is 7.05 Å². The smallest absolute Gasteiger partial charge is 0.408 e. The average Bonchev–Trinajstić information content (AvgIpc) is 3.02. The molecule has 1 N–H and O–H groups in total. The molecule has 0 bridgehead atoms. The van der Waals surface area contributed by atoms with Gasteiger partial charge in [-0.25, -0.2) is 4.79 Å². The number of thiophene rings is 1. The van der Waals surface area contributed by atoms with Crippen LogP contribution in [0.15, 0.2) is 38.9 Å². The van der Waals surface area contributed by atoms with E-state index >= 15 is 0 Å². The molecule has 0 fully saturated rings. The molecule has 0 radical (unpaired) electrons. The van der Waals surface area contributed by atoms with E-state index in [1.807, 2.05) is 26.1 Å². The van der Waals surface area contributed by atoms with Crippen LogP contribution in [0.4, 0.5) is 0 Å². The van der Waals surface area contributed by atoms with Crippen LogP contribution < -0.4 is 11.1 Å². The Morgan fingerprint density at radius 2 is 2.19 bits per heavy atom. The average molecular weight is 414 g/mol. The number of rotatable bonds is 4. The van der Waals surface area contributed by atoms with Crippen LogP contribution >= 0.6 is 33.9 Å². The van der Waals surface area contributed by atoms with Crippen LogP contribution in [0.3, 0.4) is 0 Å². The summed E-state index contributed by atoms with van der Waals surface area (Å²) < 4.78 is 8.24. The topological polar surface area (TPSA) is 47.2 Å². The molecule has 0 saturated heterocycles. The molecule has 6 heteroatoms. The highest BCUT2D eigenvalue weighted by Crippen LogP contribution is 2.29. The summed E-state index contributed by atoms with van der Waals surface area (Å²) >= 11 is 4.05. The maximum absolute atomic E-state index is 11.8. The van der Waals surface area contributed by atoms with Crippen molar-refractivity contribution in [1.29, 1.82) is 0 Å². The van der Waals surface area contributed by atoms with Crippen molar-refractivity contribution in [3.63, 3.8) is 0 Å². The zero-order chi connectivity index (χ0) is 15.0. The van der Waals surface area contributed by atoms with Gasteiger partial charge in [-0.15, -0.1) is 11.3 Å². The lowest BCUT2D eigenvalue weighted by molar-refractivity contribution is 0.512. The van der Waals surface area contributed by atoms with Gasteiger partial charge in [0.05, 0.1) is 14.4 Å². The summed E-state index contributed by atoms with van der Waals surface area (Å²) in [5, 5.41) is 5.48. The maximum atomic E-state index is 11.8. The van der Waals surface area contributed by atoms with Crippen LogP contribution in [0.5, 0.6) is 0 Å². The lowest BCUT2D eigenvalue weighted by Gasteiger charge is -2.15. The lowest BCUT2D eigenvalue weighted by atomic mass is 10.0. The quantitative estimate of drug-likeness (QED) is 0.664. The molecular weight excluding hydrogens is 399 g/mol. The van der Waals surface area contributed by atoms with Crippen molar-refractivity contribution in [1.82, 2.24) is 9.88 Å². The zero-order valence-electron chi connectivity index (χ0n) is 11.7.